The molecule has 0 aliphatic heterocycles. The molecule has 0 fully saturated rings. The number of benzene rings is 1. The molecule has 0 saturated heterocycles. The van der Waals surface area contributed by atoms with Crippen LogP contribution in [0.25, 0.3) is 10.9 Å². The molecule has 5 N–H and O–H groups in total. The summed E-state index contributed by atoms with van der Waals surface area (Å²) < 4.78 is 12.3. The van der Waals surface area contributed by atoms with Gasteiger partial charge in [-0.2, -0.15) is 0 Å². The molecule has 0 radical (unpaired) electrons. The van der Waals surface area contributed by atoms with Gasteiger partial charge in [0.05, 0.1) is 17.8 Å². The fraction of sp³-hybridized carbons (Fsp3) is 0.474. The Kier molecular flexibility index (Phi) is 7.60. The Morgan fingerprint density at radius 2 is 1.83 bits per heavy atom. The van der Waals surface area contributed by atoms with E-state index in [0.717, 1.165) is 15.5 Å². The predicted molar refractivity (Wildman–Crippen MR) is 110 cm³/mol. The molecule has 2 rings (SSSR count). The molecule has 160 valence electrons. The van der Waals surface area contributed by atoms with E-state index >= 15 is 0 Å². The van der Waals surface area contributed by atoms with Gasteiger partial charge in [-0.3, -0.25) is 19.2 Å². The van der Waals surface area contributed by atoms with Gasteiger partial charge < -0.3 is 20.2 Å². The second kappa shape index (κ2) is 9.54. The third-order valence-electron chi connectivity index (χ3n) is 4.48. The molecule has 1 aromatic carbocycles. The molecular formula is C19H28N3O6P. The van der Waals surface area contributed by atoms with Crippen LogP contribution in [0.5, 0.6) is 0 Å². The van der Waals surface area contributed by atoms with Crippen LogP contribution in [0, 0.1) is 5.92 Å². The van der Waals surface area contributed by atoms with Crippen molar-refractivity contribution < 1.29 is 29.0 Å². The molecule has 9 nitrogen and oxygen atoms in total. The van der Waals surface area contributed by atoms with E-state index < -0.39 is 26.0 Å². The topological polar surface area (TPSA) is 141 Å². The van der Waals surface area contributed by atoms with E-state index in [9.17, 15) is 19.3 Å². The molecule has 0 bridgehead atoms. The number of para-hydroxylation sites is 1. The number of rotatable bonds is 9. The van der Waals surface area contributed by atoms with Gasteiger partial charge in [-0.25, -0.2) is 4.79 Å². The SMILES string of the molecule is CC(C)C[C@H](NCP(=O)(O)O)C(=O)N[C@H](C)Cc1cn(C(=O)O)c2ccccc12. The van der Waals surface area contributed by atoms with Crippen molar-refractivity contribution in [2.75, 3.05) is 6.29 Å². The molecule has 2 aromatic rings. The number of hydrogen-bond donors (Lipinski definition) is 5. The number of carboxylic acid groups (broad SMARTS) is 1. The number of carbonyl (C=O) groups is 2. The summed E-state index contributed by atoms with van der Waals surface area (Å²) in [6, 6.07) is 6.11. The average molecular weight is 425 g/mol. The molecule has 0 spiro atoms. The van der Waals surface area contributed by atoms with Crippen molar-refractivity contribution >= 4 is 30.5 Å². The van der Waals surface area contributed by atoms with Crippen LogP contribution in [0.4, 0.5) is 4.79 Å². The lowest BCUT2D eigenvalue weighted by molar-refractivity contribution is -0.124. The second-order valence-corrected chi connectivity index (χ2v) is 9.29. The lowest BCUT2D eigenvalue weighted by Gasteiger charge is -2.23. The summed E-state index contributed by atoms with van der Waals surface area (Å²) in [6.07, 6.45) is 0.741. The lowest BCUT2D eigenvalue weighted by Crippen LogP contribution is -2.48. The Bertz CT molecular complexity index is 920. The van der Waals surface area contributed by atoms with Crippen molar-refractivity contribution in [1.82, 2.24) is 15.2 Å². The largest absolute Gasteiger partial charge is 0.464 e. The van der Waals surface area contributed by atoms with Gasteiger partial charge in [0.25, 0.3) is 0 Å². The first-order valence-corrected chi connectivity index (χ1v) is 11.2. The van der Waals surface area contributed by atoms with Crippen LogP contribution >= 0.6 is 7.60 Å². The zero-order chi connectivity index (χ0) is 21.8. The summed E-state index contributed by atoms with van der Waals surface area (Å²) in [5, 5.41) is 15.7. The van der Waals surface area contributed by atoms with Crippen molar-refractivity contribution in [1.29, 1.82) is 0 Å². The summed E-state index contributed by atoms with van der Waals surface area (Å²) in [5.41, 5.74) is 1.37. The maximum atomic E-state index is 12.6. The zero-order valence-corrected chi connectivity index (χ0v) is 17.6. The maximum Gasteiger partial charge on any atom is 0.416 e. The van der Waals surface area contributed by atoms with Gasteiger partial charge in [0, 0.05) is 17.6 Å². The maximum absolute atomic E-state index is 12.6. The third-order valence-corrected chi connectivity index (χ3v) is 5.08. The van der Waals surface area contributed by atoms with Crippen LogP contribution in [0.1, 0.15) is 32.8 Å². The van der Waals surface area contributed by atoms with Gasteiger partial charge in [0.15, 0.2) is 0 Å². The number of carbonyl (C=O) groups excluding carboxylic acids is 1. The van der Waals surface area contributed by atoms with Gasteiger partial charge in [0.1, 0.15) is 0 Å². The molecule has 29 heavy (non-hydrogen) atoms. The number of amides is 1. The highest BCUT2D eigenvalue weighted by Crippen LogP contribution is 2.32. The fourth-order valence-electron chi connectivity index (χ4n) is 3.28. The molecule has 2 atom stereocenters. The summed E-state index contributed by atoms with van der Waals surface area (Å²) in [6.45, 7) is 5.65. The van der Waals surface area contributed by atoms with Crippen LogP contribution in [-0.4, -0.2) is 49.8 Å². The van der Waals surface area contributed by atoms with Gasteiger partial charge in [-0.05, 0) is 37.3 Å². The minimum atomic E-state index is -4.28. The first-order chi connectivity index (χ1) is 13.5. The first-order valence-electron chi connectivity index (χ1n) is 9.38. The summed E-state index contributed by atoms with van der Waals surface area (Å²) in [5.74, 6) is -0.194. The van der Waals surface area contributed by atoms with Crippen molar-refractivity contribution in [2.24, 2.45) is 5.92 Å². The molecule has 0 aliphatic carbocycles. The normalized spacial score (nSPS) is 14.1. The molecule has 1 aromatic heterocycles. The Labute approximate surface area is 169 Å². The molecule has 1 heterocycles. The highest BCUT2D eigenvalue weighted by Gasteiger charge is 2.24. The predicted octanol–water partition coefficient (Wildman–Crippen LogP) is 2.35. The summed E-state index contributed by atoms with van der Waals surface area (Å²) >= 11 is 0. The number of fused-ring (bicyclic) bond motifs is 1. The Balaban J connectivity index is 2.11. The Hall–Kier alpha value is -2.19. The molecule has 0 aliphatic rings. The van der Waals surface area contributed by atoms with E-state index in [1.54, 1.807) is 25.3 Å². The van der Waals surface area contributed by atoms with E-state index in [-0.39, 0.29) is 17.9 Å². The Morgan fingerprint density at radius 1 is 1.17 bits per heavy atom. The number of nitrogens with zero attached hydrogens (tertiary/aromatic N) is 1. The second-order valence-electron chi connectivity index (χ2n) is 7.65. The molecular weight excluding hydrogens is 397 g/mol. The third kappa shape index (κ3) is 6.68. The average Bonchev–Trinajstić information content (AvgIpc) is 2.96. The number of nitrogens with one attached hydrogen (secondary N) is 2. The van der Waals surface area contributed by atoms with Crippen molar-refractivity contribution in [2.45, 2.75) is 45.7 Å². The monoisotopic (exact) mass is 425 g/mol. The van der Waals surface area contributed by atoms with E-state index in [4.69, 9.17) is 9.79 Å². The summed E-state index contributed by atoms with van der Waals surface area (Å²) in [4.78, 5) is 42.3. The smallest absolute Gasteiger partial charge is 0.416 e. The minimum Gasteiger partial charge on any atom is -0.464 e. The van der Waals surface area contributed by atoms with E-state index in [0.29, 0.717) is 18.4 Å². The fourth-order valence-corrected chi connectivity index (χ4v) is 3.74. The van der Waals surface area contributed by atoms with Crippen molar-refractivity contribution in [3.63, 3.8) is 0 Å². The molecule has 10 heteroatoms. The number of hydrogen-bond acceptors (Lipinski definition) is 4. The first kappa shape index (κ1) is 23.1. The van der Waals surface area contributed by atoms with Crippen LogP contribution < -0.4 is 10.6 Å². The van der Waals surface area contributed by atoms with Crippen LogP contribution in [0.2, 0.25) is 0 Å². The van der Waals surface area contributed by atoms with E-state index in [2.05, 4.69) is 10.6 Å². The van der Waals surface area contributed by atoms with Gasteiger partial charge in [-0.1, -0.05) is 32.0 Å². The quantitative estimate of drug-likeness (QED) is 0.388. The molecule has 1 amide bonds. The number of aromatic nitrogens is 1. The zero-order valence-electron chi connectivity index (χ0n) is 16.7. The Morgan fingerprint density at radius 3 is 2.41 bits per heavy atom. The highest BCUT2D eigenvalue weighted by molar-refractivity contribution is 7.51. The van der Waals surface area contributed by atoms with E-state index in [1.807, 2.05) is 26.0 Å². The lowest BCUT2D eigenvalue weighted by atomic mass is 10.0. The van der Waals surface area contributed by atoms with Crippen molar-refractivity contribution in [3.8, 4) is 0 Å². The summed E-state index contributed by atoms with van der Waals surface area (Å²) in [7, 11) is -4.28. The standard InChI is InChI=1S/C19H28N3O6P/c1-12(2)8-16(20-11-29(26,27)28)18(23)21-13(3)9-14-10-22(19(24)25)17-7-5-4-6-15(14)17/h4-7,10,12-13,16,20H,8-9,11H2,1-3H3,(H,21,23)(H,24,25)(H2,26,27,28)/t13-,16+/m1/s1. The van der Waals surface area contributed by atoms with Gasteiger partial charge >= 0.3 is 13.7 Å². The minimum absolute atomic E-state index is 0.152. The highest BCUT2D eigenvalue weighted by atomic mass is 31.2. The van der Waals surface area contributed by atoms with Crippen LogP contribution in [0.15, 0.2) is 30.5 Å². The molecule has 0 saturated carbocycles. The van der Waals surface area contributed by atoms with Crippen molar-refractivity contribution in [3.05, 3.63) is 36.0 Å². The van der Waals surface area contributed by atoms with Gasteiger partial charge in [-0.15, -0.1) is 0 Å². The van der Waals surface area contributed by atoms with Crippen LogP contribution in [-0.2, 0) is 15.8 Å². The molecule has 0 unspecified atom stereocenters. The van der Waals surface area contributed by atoms with E-state index in [1.165, 1.54) is 0 Å². The van der Waals surface area contributed by atoms with Gasteiger partial charge in [0.2, 0.25) is 5.91 Å². The van der Waals surface area contributed by atoms with Crippen LogP contribution in [0.3, 0.4) is 0 Å².